The molecule has 0 fully saturated rings. The summed E-state index contributed by atoms with van der Waals surface area (Å²) in [6.07, 6.45) is 0. The summed E-state index contributed by atoms with van der Waals surface area (Å²) in [6, 6.07) is 13.7. The molecule has 0 bridgehead atoms. The molecule has 5 nitrogen and oxygen atoms in total. The summed E-state index contributed by atoms with van der Waals surface area (Å²) in [5.74, 6) is 5.85. The minimum atomic E-state index is -0.250. The first-order valence-electron chi connectivity index (χ1n) is 7.82. The van der Waals surface area contributed by atoms with Crippen LogP contribution in [0.5, 0.6) is 0 Å². The Balaban J connectivity index is 0.00000104. The van der Waals surface area contributed by atoms with E-state index in [1.807, 2.05) is 70.2 Å². The van der Waals surface area contributed by atoms with E-state index in [4.69, 9.17) is 32.1 Å². The van der Waals surface area contributed by atoms with Gasteiger partial charge in [-0.05, 0) is 43.2 Å². The van der Waals surface area contributed by atoms with Crippen LogP contribution in [0.1, 0.15) is 36.1 Å². The standard InChI is InChI=1S/C16H17ClN2O.C2H6.CH2O2/c1-11-4-3-5-14(8-11)16(19-18)20-10-13-6-7-15(17)12(2)9-13;1-2;2-1-3/h3-9H,10,18H2,1-2H3;1-2H3;1H,(H,2,3)/b19-16-;;. The van der Waals surface area contributed by atoms with Gasteiger partial charge in [0.2, 0.25) is 5.90 Å². The number of ether oxygens (including phenoxy) is 1. The van der Waals surface area contributed by atoms with Gasteiger partial charge in [-0.3, -0.25) is 4.79 Å². The average molecular weight is 365 g/mol. The maximum Gasteiger partial charge on any atom is 0.290 e. The number of aryl methyl sites for hydroxylation is 2. The molecule has 0 aliphatic carbocycles. The van der Waals surface area contributed by atoms with E-state index < -0.39 is 0 Å². The highest BCUT2D eigenvalue weighted by molar-refractivity contribution is 6.31. The Kier molecular flexibility index (Phi) is 11.5. The molecule has 0 atom stereocenters. The van der Waals surface area contributed by atoms with E-state index in [-0.39, 0.29) is 6.47 Å². The van der Waals surface area contributed by atoms with Gasteiger partial charge in [-0.15, -0.1) is 5.10 Å². The second-order valence-electron chi connectivity index (χ2n) is 4.78. The number of hydrazone groups is 1. The van der Waals surface area contributed by atoms with Gasteiger partial charge in [-0.25, -0.2) is 0 Å². The van der Waals surface area contributed by atoms with Crippen molar-refractivity contribution in [3.05, 3.63) is 69.7 Å². The first kappa shape index (κ1) is 22.5. The van der Waals surface area contributed by atoms with Gasteiger partial charge in [-0.1, -0.05) is 55.3 Å². The molecular weight excluding hydrogens is 340 g/mol. The predicted molar refractivity (Wildman–Crippen MR) is 103 cm³/mol. The number of halogens is 1. The van der Waals surface area contributed by atoms with E-state index in [9.17, 15) is 0 Å². The monoisotopic (exact) mass is 364 g/mol. The smallest absolute Gasteiger partial charge is 0.290 e. The van der Waals surface area contributed by atoms with Gasteiger partial charge in [0.15, 0.2) is 0 Å². The second-order valence-corrected chi connectivity index (χ2v) is 5.19. The molecule has 136 valence electrons. The fourth-order valence-electron chi connectivity index (χ4n) is 1.92. The van der Waals surface area contributed by atoms with Crippen LogP contribution in [-0.4, -0.2) is 17.5 Å². The van der Waals surface area contributed by atoms with E-state index in [1.54, 1.807) is 0 Å². The zero-order valence-electron chi connectivity index (χ0n) is 15.0. The van der Waals surface area contributed by atoms with E-state index in [2.05, 4.69) is 5.10 Å². The van der Waals surface area contributed by atoms with Gasteiger partial charge in [0.25, 0.3) is 6.47 Å². The Hall–Kier alpha value is -2.53. The van der Waals surface area contributed by atoms with E-state index in [0.29, 0.717) is 12.5 Å². The van der Waals surface area contributed by atoms with E-state index in [1.165, 1.54) is 0 Å². The normalized spacial score (nSPS) is 9.88. The largest absolute Gasteiger partial charge is 0.483 e. The molecule has 0 saturated carbocycles. The average Bonchev–Trinajstić information content (AvgIpc) is 2.61. The number of hydrogen-bond donors (Lipinski definition) is 2. The third-order valence-electron chi connectivity index (χ3n) is 2.98. The Morgan fingerprint density at radius 2 is 1.88 bits per heavy atom. The van der Waals surface area contributed by atoms with Gasteiger partial charge in [0.1, 0.15) is 6.61 Å². The molecular formula is C19H25ClN2O3. The van der Waals surface area contributed by atoms with Crippen LogP contribution in [0.4, 0.5) is 0 Å². The number of carbonyl (C=O) groups is 1. The van der Waals surface area contributed by atoms with Crippen LogP contribution in [0.15, 0.2) is 47.6 Å². The molecule has 2 rings (SSSR count). The highest BCUT2D eigenvalue weighted by Crippen LogP contribution is 2.17. The third kappa shape index (κ3) is 8.22. The summed E-state index contributed by atoms with van der Waals surface area (Å²) in [5, 5.41) is 11.4. The van der Waals surface area contributed by atoms with Crippen molar-refractivity contribution in [1.82, 2.24) is 0 Å². The Labute approximate surface area is 154 Å². The topological polar surface area (TPSA) is 84.9 Å². The van der Waals surface area contributed by atoms with Crippen LogP contribution in [0.25, 0.3) is 0 Å². The van der Waals surface area contributed by atoms with Gasteiger partial charge in [0.05, 0.1) is 0 Å². The minimum Gasteiger partial charge on any atom is -0.483 e. The summed E-state index contributed by atoms with van der Waals surface area (Å²) in [7, 11) is 0. The lowest BCUT2D eigenvalue weighted by Crippen LogP contribution is -2.09. The summed E-state index contributed by atoms with van der Waals surface area (Å²) in [6.45, 7) is 8.13. The molecule has 0 saturated heterocycles. The molecule has 3 N–H and O–H groups in total. The molecule has 0 heterocycles. The Bertz CT molecular complexity index is 688. The van der Waals surface area contributed by atoms with Gasteiger partial charge in [-0.2, -0.15) is 0 Å². The number of nitrogens with zero attached hydrogens (tertiary/aromatic N) is 1. The first-order chi connectivity index (χ1) is 12.0. The first-order valence-corrected chi connectivity index (χ1v) is 8.20. The molecule has 6 heteroatoms. The van der Waals surface area contributed by atoms with Gasteiger partial charge < -0.3 is 15.7 Å². The van der Waals surface area contributed by atoms with Gasteiger partial charge >= 0.3 is 0 Å². The maximum absolute atomic E-state index is 8.36. The number of rotatable bonds is 3. The number of nitrogens with two attached hydrogens (primary N) is 1. The zero-order chi connectivity index (χ0) is 19.2. The quantitative estimate of drug-likeness (QED) is 0.275. The molecule has 0 spiro atoms. The summed E-state index contributed by atoms with van der Waals surface area (Å²) in [5.41, 5.74) is 4.06. The fourth-order valence-corrected chi connectivity index (χ4v) is 2.04. The molecule has 0 unspecified atom stereocenters. The molecule has 0 aliphatic heterocycles. The lowest BCUT2D eigenvalue weighted by atomic mass is 10.1. The van der Waals surface area contributed by atoms with Crippen molar-refractivity contribution in [2.24, 2.45) is 10.9 Å². The summed E-state index contributed by atoms with van der Waals surface area (Å²) < 4.78 is 5.70. The summed E-state index contributed by atoms with van der Waals surface area (Å²) in [4.78, 5) is 8.36. The SMILES string of the molecule is CC.Cc1cccc(/C(=N/N)OCc2ccc(Cl)c(C)c2)c1.O=CO. The summed E-state index contributed by atoms with van der Waals surface area (Å²) >= 11 is 6.00. The van der Waals surface area contributed by atoms with Crippen LogP contribution in [0.2, 0.25) is 5.02 Å². The lowest BCUT2D eigenvalue weighted by molar-refractivity contribution is -0.122. The van der Waals surface area contributed by atoms with E-state index in [0.717, 1.165) is 27.3 Å². The van der Waals surface area contributed by atoms with Crippen molar-refractivity contribution >= 4 is 24.0 Å². The van der Waals surface area contributed by atoms with Crippen LogP contribution >= 0.6 is 11.6 Å². The molecule has 0 radical (unpaired) electrons. The minimum absolute atomic E-state index is 0.250. The predicted octanol–water partition coefficient (Wildman–Crippen LogP) is 4.52. The number of hydrogen-bond acceptors (Lipinski definition) is 4. The van der Waals surface area contributed by atoms with Crippen molar-refractivity contribution in [2.45, 2.75) is 34.3 Å². The Morgan fingerprint density at radius 1 is 1.24 bits per heavy atom. The van der Waals surface area contributed by atoms with Crippen molar-refractivity contribution in [3.63, 3.8) is 0 Å². The third-order valence-corrected chi connectivity index (χ3v) is 3.40. The number of benzene rings is 2. The molecule has 0 amide bonds. The van der Waals surface area contributed by atoms with Crippen molar-refractivity contribution < 1.29 is 14.6 Å². The molecule has 0 aliphatic rings. The second kappa shape index (κ2) is 12.8. The van der Waals surface area contributed by atoms with Crippen LogP contribution in [0, 0.1) is 13.8 Å². The van der Waals surface area contributed by atoms with Gasteiger partial charge in [0, 0.05) is 10.6 Å². The van der Waals surface area contributed by atoms with Crippen molar-refractivity contribution in [1.29, 1.82) is 0 Å². The highest BCUT2D eigenvalue weighted by Gasteiger charge is 2.06. The lowest BCUT2D eigenvalue weighted by Gasteiger charge is -2.10. The van der Waals surface area contributed by atoms with Crippen molar-refractivity contribution in [2.75, 3.05) is 0 Å². The molecule has 2 aromatic carbocycles. The molecule has 25 heavy (non-hydrogen) atoms. The molecule has 0 aromatic heterocycles. The van der Waals surface area contributed by atoms with E-state index >= 15 is 0 Å². The number of carboxylic acid groups (broad SMARTS) is 1. The van der Waals surface area contributed by atoms with Crippen LogP contribution in [-0.2, 0) is 16.1 Å². The zero-order valence-corrected chi connectivity index (χ0v) is 15.7. The Morgan fingerprint density at radius 3 is 2.40 bits per heavy atom. The highest BCUT2D eigenvalue weighted by atomic mass is 35.5. The van der Waals surface area contributed by atoms with Crippen molar-refractivity contribution in [3.8, 4) is 0 Å². The maximum atomic E-state index is 8.36. The fraction of sp³-hybridized carbons (Fsp3) is 0.263. The molecule has 2 aromatic rings. The van der Waals surface area contributed by atoms with Crippen LogP contribution in [0.3, 0.4) is 0 Å². The van der Waals surface area contributed by atoms with Crippen LogP contribution < -0.4 is 5.84 Å².